The van der Waals surface area contributed by atoms with Crippen LogP contribution in [0.4, 0.5) is 0 Å². The van der Waals surface area contributed by atoms with E-state index in [1.54, 1.807) is 28.6 Å². The van der Waals surface area contributed by atoms with Crippen LogP contribution in [0.1, 0.15) is 59.2 Å². The predicted molar refractivity (Wildman–Crippen MR) is 124 cm³/mol. The van der Waals surface area contributed by atoms with Crippen LogP contribution in [0.2, 0.25) is 0 Å². The van der Waals surface area contributed by atoms with E-state index in [0.717, 1.165) is 37.3 Å². The number of hydrogen-bond acceptors (Lipinski definition) is 5. The van der Waals surface area contributed by atoms with Gasteiger partial charge in [-0.25, -0.2) is 8.42 Å². The number of carbonyl (C=O) groups is 2. The zero-order chi connectivity index (χ0) is 22.7. The number of carbonyl (C=O) groups excluding carboxylic acids is 2. The number of sulfonamides is 1. The molecule has 8 heteroatoms. The molecule has 6 rings (SSSR count). The van der Waals surface area contributed by atoms with Crippen LogP contribution in [-0.2, 0) is 10.0 Å². The average molecular weight is 470 g/mol. The minimum atomic E-state index is -3.61. The standard InChI is InChI=1S/C25H31N3O4S/c29-24-20-7-1-2-8-21(20)25(30)27(24)12-13-33(31,32)28-11-5-6-17-14-18-15-19(23(17)28)16-26-10-4-3-9-22(18)26/h1-2,7-8,14,18-19,22-23H,3-6,9-13,15-16H2/t18-,19+,22+,23+/m0/s1. The van der Waals surface area contributed by atoms with E-state index >= 15 is 0 Å². The highest BCUT2D eigenvalue weighted by molar-refractivity contribution is 7.89. The zero-order valence-corrected chi connectivity index (χ0v) is 19.7. The van der Waals surface area contributed by atoms with Crippen LogP contribution in [0.5, 0.6) is 0 Å². The summed E-state index contributed by atoms with van der Waals surface area (Å²) < 4.78 is 28.8. The first-order valence-corrected chi connectivity index (χ1v) is 13.9. The van der Waals surface area contributed by atoms with Crippen molar-refractivity contribution < 1.29 is 18.0 Å². The van der Waals surface area contributed by atoms with Crippen LogP contribution in [0, 0.1) is 11.8 Å². The molecule has 2 amide bonds. The fourth-order valence-corrected chi connectivity index (χ4v) is 8.71. The van der Waals surface area contributed by atoms with Gasteiger partial charge in [0.15, 0.2) is 0 Å². The van der Waals surface area contributed by atoms with Gasteiger partial charge in [0.2, 0.25) is 10.0 Å². The Morgan fingerprint density at radius 2 is 1.73 bits per heavy atom. The lowest BCUT2D eigenvalue weighted by Crippen LogP contribution is -2.60. The molecule has 5 aliphatic rings. The number of imide groups is 1. The van der Waals surface area contributed by atoms with Crippen LogP contribution in [0.15, 0.2) is 35.9 Å². The van der Waals surface area contributed by atoms with Crippen LogP contribution in [0.25, 0.3) is 0 Å². The minimum absolute atomic E-state index is 0.0648. The Hall–Kier alpha value is -2.03. The predicted octanol–water partition coefficient (Wildman–Crippen LogP) is 2.51. The van der Waals surface area contributed by atoms with Gasteiger partial charge in [0, 0.05) is 31.7 Å². The molecule has 0 N–H and O–H groups in total. The molecule has 0 saturated carbocycles. The maximum atomic E-state index is 13.6. The van der Waals surface area contributed by atoms with Gasteiger partial charge >= 0.3 is 0 Å². The number of nitrogens with zero attached hydrogens (tertiary/aromatic N) is 3. The van der Waals surface area contributed by atoms with Gasteiger partial charge in [-0.2, -0.15) is 4.31 Å². The van der Waals surface area contributed by atoms with E-state index in [1.165, 1.54) is 24.8 Å². The Bertz CT molecular complexity index is 1100. The van der Waals surface area contributed by atoms with E-state index in [4.69, 9.17) is 0 Å². The summed E-state index contributed by atoms with van der Waals surface area (Å²) >= 11 is 0. The van der Waals surface area contributed by atoms with E-state index in [1.807, 2.05) is 0 Å². The number of benzene rings is 1. The third-order valence-electron chi connectivity index (χ3n) is 8.42. The number of hydrogen-bond donors (Lipinski definition) is 0. The van der Waals surface area contributed by atoms with Gasteiger partial charge in [-0.05, 0) is 62.6 Å². The number of rotatable bonds is 4. The third kappa shape index (κ3) is 3.49. The van der Waals surface area contributed by atoms with Gasteiger partial charge in [0.1, 0.15) is 0 Å². The normalized spacial score (nSPS) is 32.2. The van der Waals surface area contributed by atoms with E-state index < -0.39 is 21.8 Å². The quantitative estimate of drug-likeness (QED) is 0.500. The Morgan fingerprint density at radius 1 is 0.970 bits per heavy atom. The molecule has 0 aromatic heterocycles. The summed E-state index contributed by atoms with van der Waals surface area (Å²) in [6.45, 7) is 2.53. The molecule has 1 aromatic carbocycles. The van der Waals surface area contributed by atoms with Gasteiger partial charge in [0.25, 0.3) is 11.8 Å². The molecule has 4 heterocycles. The van der Waals surface area contributed by atoms with E-state index in [9.17, 15) is 18.0 Å². The molecule has 176 valence electrons. The zero-order valence-electron chi connectivity index (χ0n) is 18.9. The topological polar surface area (TPSA) is 78.0 Å². The lowest BCUT2D eigenvalue weighted by atomic mass is 9.68. The molecule has 3 fully saturated rings. The number of piperidine rings is 3. The summed E-state index contributed by atoms with van der Waals surface area (Å²) in [6, 6.07) is 7.26. The van der Waals surface area contributed by atoms with Gasteiger partial charge in [-0.3, -0.25) is 19.4 Å². The SMILES string of the molecule is O=C1c2ccccc2C(=O)N1CCS(=O)(=O)N1CCCC2=C[C@H]3C[C@H](CN4CCCC[C@H]34)[C@@H]21. The van der Waals surface area contributed by atoms with Crippen molar-refractivity contribution in [1.82, 2.24) is 14.1 Å². The Kier molecular flexibility index (Phi) is 5.23. The molecule has 1 aliphatic carbocycles. The largest absolute Gasteiger partial charge is 0.299 e. The van der Waals surface area contributed by atoms with E-state index in [-0.39, 0.29) is 18.3 Å². The maximum Gasteiger partial charge on any atom is 0.261 e. The molecule has 4 aliphatic heterocycles. The smallest absolute Gasteiger partial charge is 0.261 e. The van der Waals surface area contributed by atoms with Gasteiger partial charge in [-0.15, -0.1) is 0 Å². The van der Waals surface area contributed by atoms with Crippen molar-refractivity contribution in [1.29, 1.82) is 0 Å². The number of fused-ring (bicyclic) bond motifs is 7. The summed E-state index contributed by atoms with van der Waals surface area (Å²) in [7, 11) is -3.61. The van der Waals surface area contributed by atoms with Gasteiger partial charge < -0.3 is 0 Å². The molecule has 3 saturated heterocycles. The fraction of sp³-hybridized carbons (Fsp3) is 0.600. The first-order valence-electron chi connectivity index (χ1n) is 12.3. The van der Waals surface area contributed by atoms with Crippen molar-refractivity contribution in [2.75, 3.05) is 31.9 Å². The minimum Gasteiger partial charge on any atom is -0.299 e. The highest BCUT2D eigenvalue weighted by Gasteiger charge is 2.48. The van der Waals surface area contributed by atoms with E-state index in [0.29, 0.717) is 35.5 Å². The first-order chi connectivity index (χ1) is 15.9. The Labute approximate surface area is 195 Å². The third-order valence-corrected chi connectivity index (χ3v) is 10.2. The second-order valence-electron chi connectivity index (χ2n) is 10.2. The molecule has 1 aromatic rings. The van der Waals surface area contributed by atoms with E-state index in [2.05, 4.69) is 11.0 Å². The first kappa shape index (κ1) is 21.5. The second-order valence-corrected chi connectivity index (χ2v) is 12.3. The van der Waals surface area contributed by atoms with Crippen molar-refractivity contribution >= 4 is 21.8 Å². The Morgan fingerprint density at radius 3 is 2.48 bits per heavy atom. The summed E-state index contributed by atoms with van der Waals surface area (Å²) in [5.74, 6) is -0.122. The molecule has 4 atom stereocenters. The highest BCUT2D eigenvalue weighted by atomic mass is 32.2. The summed E-state index contributed by atoms with van der Waals surface area (Å²) in [5.41, 5.74) is 2.02. The summed E-state index contributed by atoms with van der Waals surface area (Å²) in [5, 5.41) is 0. The highest BCUT2D eigenvalue weighted by Crippen LogP contribution is 2.45. The molecule has 0 spiro atoms. The lowest BCUT2D eigenvalue weighted by Gasteiger charge is -2.54. The van der Waals surface area contributed by atoms with Crippen LogP contribution in [-0.4, -0.2) is 78.4 Å². The molecule has 2 bridgehead atoms. The second kappa shape index (κ2) is 8.03. The summed E-state index contributed by atoms with van der Waals surface area (Å²) in [4.78, 5) is 29.1. The summed E-state index contributed by atoms with van der Waals surface area (Å²) in [6.07, 6.45) is 9.09. The van der Waals surface area contributed by atoms with Crippen molar-refractivity contribution in [3.8, 4) is 0 Å². The molecule has 33 heavy (non-hydrogen) atoms. The van der Waals surface area contributed by atoms with Gasteiger partial charge in [-0.1, -0.05) is 30.2 Å². The van der Waals surface area contributed by atoms with Crippen molar-refractivity contribution in [2.45, 2.75) is 50.6 Å². The molecule has 0 unspecified atom stereocenters. The van der Waals surface area contributed by atoms with Crippen molar-refractivity contribution in [2.24, 2.45) is 11.8 Å². The fourth-order valence-electron chi connectivity index (χ4n) is 7.00. The molecule has 7 nitrogen and oxygen atoms in total. The number of amides is 2. The average Bonchev–Trinajstić information content (AvgIpc) is 3.07. The van der Waals surface area contributed by atoms with Crippen molar-refractivity contribution in [3.63, 3.8) is 0 Å². The van der Waals surface area contributed by atoms with Crippen molar-refractivity contribution in [3.05, 3.63) is 47.0 Å². The van der Waals surface area contributed by atoms with Crippen LogP contribution < -0.4 is 0 Å². The van der Waals surface area contributed by atoms with Crippen LogP contribution >= 0.6 is 0 Å². The Balaban J connectivity index is 1.22. The monoisotopic (exact) mass is 469 g/mol. The van der Waals surface area contributed by atoms with Gasteiger partial charge in [0.05, 0.1) is 16.9 Å². The molecular formula is C25H31N3O4S. The molecule has 0 radical (unpaired) electrons. The lowest BCUT2D eigenvalue weighted by molar-refractivity contribution is 0.0149. The molecular weight excluding hydrogens is 438 g/mol. The maximum absolute atomic E-state index is 13.6. The van der Waals surface area contributed by atoms with Crippen LogP contribution in [0.3, 0.4) is 0 Å².